The molecule has 0 spiro atoms. The van der Waals surface area contributed by atoms with Crippen molar-refractivity contribution in [3.8, 4) is 0 Å². The number of aromatic amines is 1. The zero-order valence-electron chi connectivity index (χ0n) is 25.4. The van der Waals surface area contributed by atoms with Crippen molar-refractivity contribution in [2.45, 2.75) is 149 Å². The normalized spacial score (nSPS) is 11.4. The zero-order chi connectivity index (χ0) is 28.4. The smallest absolute Gasteiger partial charge is 0.328 e. The molecule has 0 aliphatic carbocycles. The second-order valence-corrected chi connectivity index (χ2v) is 11.1. The number of hydrogen-bond acceptors (Lipinski definition) is 5. The third kappa shape index (κ3) is 20.6. The van der Waals surface area contributed by atoms with Gasteiger partial charge in [-0.05, 0) is 51.7 Å². The van der Waals surface area contributed by atoms with Crippen LogP contribution in [0.1, 0.15) is 142 Å². The number of esters is 1. The maximum atomic E-state index is 12.0. The topological polar surface area (TPSA) is 84.4 Å². The van der Waals surface area contributed by atoms with Crippen molar-refractivity contribution in [3.63, 3.8) is 0 Å². The zero-order valence-corrected chi connectivity index (χ0v) is 25.4. The largest absolute Gasteiger partial charge is 0.466 e. The number of nitrogens with one attached hydrogen (secondary N) is 1. The van der Waals surface area contributed by atoms with Gasteiger partial charge in [0.25, 0.3) is 5.56 Å². The number of H-pyrrole nitrogens is 1. The van der Waals surface area contributed by atoms with Crippen LogP contribution in [-0.4, -0.2) is 46.7 Å². The van der Waals surface area contributed by atoms with Gasteiger partial charge >= 0.3 is 11.7 Å². The third-order valence-corrected chi connectivity index (χ3v) is 7.46. The van der Waals surface area contributed by atoms with Gasteiger partial charge < -0.3 is 14.2 Å². The van der Waals surface area contributed by atoms with Gasteiger partial charge in [0, 0.05) is 25.2 Å². The van der Waals surface area contributed by atoms with Crippen LogP contribution in [0.25, 0.3) is 0 Å². The molecule has 0 fully saturated rings. The minimum absolute atomic E-state index is 0.0345. The van der Waals surface area contributed by atoms with E-state index in [1.165, 1.54) is 89.5 Å². The summed E-state index contributed by atoms with van der Waals surface area (Å²) in [5.74, 6) is -0.0345. The van der Waals surface area contributed by atoms with Crippen LogP contribution in [0.5, 0.6) is 0 Å². The Bertz CT molecular complexity index is 820. The predicted molar refractivity (Wildman–Crippen MR) is 162 cm³/mol. The molecule has 0 bridgehead atoms. The molecule has 226 valence electrons. The first-order valence-electron chi connectivity index (χ1n) is 16.2. The molecular formula is C32H59N3O4. The van der Waals surface area contributed by atoms with Gasteiger partial charge in [0.2, 0.25) is 0 Å². The SMILES string of the molecule is CCCCCCCCCOC(=O)CCCCCCCN(CCCCCCCC)CCCn1ccc(=O)[nH]c1=O. The van der Waals surface area contributed by atoms with E-state index in [4.69, 9.17) is 4.74 Å². The summed E-state index contributed by atoms with van der Waals surface area (Å²) < 4.78 is 6.98. The Morgan fingerprint density at radius 1 is 0.718 bits per heavy atom. The van der Waals surface area contributed by atoms with E-state index < -0.39 is 0 Å². The number of carbonyl (C=O) groups is 1. The molecule has 0 unspecified atom stereocenters. The molecule has 0 saturated carbocycles. The molecule has 1 rings (SSSR count). The van der Waals surface area contributed by atoms with Gasteiger partial charge in [-0.1, -0.05) is 104 Å². The van der Waals surface area contributed by atoms with Gasteiger partial charge in [0.15, 0.2) is 0 Å². The summed E-state index contributed by atoms with van der Waals surface area (Å²) in [4.78, 5) is 40.0. The van der Waals surface area contributed by atoms with E-state index >= 15 is 0 Å². The monoisotopic (exact) mass is 549 g/mol. The summed E-state index contributed by atoms with van der Waals surface area (Å²) in [6.45, 7) is 8.84. The first-order valence-corrected chi connectivity index (χ1v) is 16.2. The Hall–Kier alpha value is -1.89. The standard InChI is InChI=1S/C32H59N3O4/c1-3-5-7-9-11-16-20-29-39-31(37)22-17-13-12-15-19-25-34(24-18-14-10-8-6-4-2)26-21-27-35-28-23-30(36)33-32(35)38/h23,28H,3-22,24-27,29H2,1-2H3,(H,33,36,38). The highest BCUT2D eigenvalue weighted by atomic mass is 16.5. The fourth-order valence-electron chi connectivity index (χ4n) is 4.99. The first-order chi connectivity index (χ1) is 19.1. The molecular weight excluding hydrogens is 490 g/mol. The van der Waals surface area contributed by atoms with E-state index in [0.717, 1.165) is 58.2 Å². The Morgan fingerprint density at radius 2 is 1.23 bits per heavy atom. The second kappa shape index (κ2) is 25.1. The molecule has 0 aromatic carbocycles. The highest BCUT2D eigenvalue weighted by Gasteiger charge is 2.07. The van der Waals surface area contributed by atoms with Crippen LogP contribution >= 0.6 is 0 Å². The molecule has 1 heterocycles. The summed E-state index contributed by atoms with van der Waals surface area (Å²) in [6.07, 6.45) is 24.9. The highest BCUT2D eigenvalue weighted by molar-refractivity contribution is 5.69. The van der Waals surface area contributed by atoms with Crippen LogP contribution in [0.2, 0.25) is 0 Å². The molecule has 0 atom stereocenters. The van der Waals surface area contributed by atoms with Crippen LogP contribution in [0.4, 0.5) is 0 Å². The molecule has 0 aliphatic rings. The predicted octanol–water partition coefficient (Wildman–Crippen LogP) is 7.22. The van der Waals surface area contributed by atoms with E-state index in [2.05, 4.69) is 23.7 Å². The fourth-order valence-corrected chi connectivity index (χ4v) is 4.99. The average molecular weight is 550 g/mol. The van der Waals surface area contributed by atoms with Crippen molar-refractivity contribution < 1.29 is 9.53 Å². The number of nitrogens with zero attached hydrogens (tertiary/aromatic N) is 2. The lowest BCUT2D eigenvalue weighted by atomic mass is 10.1. The first kappa shape index (κ1) is 35.1. The summed E-state index contributed by atoms with van der Waals surface area (Å²) in [5.41, 5.74) is -0.673. The van der Waals surface area contributed by atoms with Gasteiger partial charge in [0.05, 0.1) is 6.61 Å². The fraction of sp³-hybridized carbons (Fsp3) is 0.844. The molecule has 7 nitrogen and oxygen atoms in total. The average Bonchev–Trinajstić information content (AvgIpc) is 2.92. The van der Waals surface area contributed by atoms with E-state index in [-0.39, 0.29) is 17.2 Å². The van der Waals surface area contributed by atoms with Crippen LogP contribution in [0, 0.1) is 0 Å². The third-order valence-electron chi connectivity index (χ3n) is 7.46. The molecule has 1 aromatic heterocycles. The van der Waals surface area contributed by atoms with Gasteiger partial charge in [-0.3, -0.25) is 14.6 Å². The molecule has 0 saturated heterocycles. The summed E-state index contributed by atoms with van der Waals surface area (Å²) in [6, 6.07) is 1.41. The maximum absolute atomic E-state index is 12.0. The lowest BCUT2D eigenvalue weighted by Gasteiger charge is -2.22. The van der Waals surface area contributed by atoms with E-state index in [1.54, 1.807) is 10.8 Å². The number of rotatable bonds is 27. The number of aromatic nitrogens is 2. The van der Waals surface area contributed by atoms with Crippen molar-refractivity contribution >= 4 is 5.97 Å². The number of hydrogen-bond donors (Lipinski definition) is 1. The Balaban J connectivity index is 2.16. The van der Waals surface area contributed by atoms with E-state index in [1.807, 2.05) is 0 Å². The van der Waals surface area contributed by atoms with Crippen molar-refractivity contribution in [2.75, 3.05) is 26.2 Å². The van der Waals surface area contributed by atoms with Gasteiger partial charge in [-0.25, -0.2) is 4.79 Å². The van der Waals surface area contributed by atoms with Gasteiger partial charge in [-0.15, -0.1) is 0 Å². The lowest BCUT2D eigenvalue weighted by molar-refractivity contribution is -0.143. The van der Waals surface area contributed by atoms with Crippen LogP contribution in [0.15, 0.2) is 21.9 Å². The molecule has 7 heteroatoms. The van der Waals surface area contributed by atoms with Crippen LogP contribution in [0.3, 0.4) is 0 Å². The summed E-state index contributed by atoms with van der Waals surface area (Å²) in [5, 5.41) is 0. The van der Waals surface area contributed by atoms with Crippen molar-refractivity contribution in [1.29, 1.82) is 0 Å². The number of ether oxygens (including phenoxy) is 1. The number of carbonyl (C=O) groups excluding carboxylic acids is 1. The molecule has 0 amide bonds. The quantitative estimate of drug-likeness (QED) is 0.0925. The van der Waals surface area contributed by atoms with E-state index in [9.17, 15) is 14.4 Å². The highest BCUT2D eigenvalue weighted by Crippen LogP contribution is 2.11. The van der Waals surface area contributed by atoms with Crippen molar-refractivity contribution in [1.82, 2.24) is 14.5 Å². The Labute approximate surface area is 238 Å². The van der Waals surface area contributed by atoms with Gasteiger partial charge in [0.1, 0.15) is 0 Å². The molecule has 1 N–H and O–H groups in total. The second-order valence-electron chi connectivity index (χ2n) is 11.1. The van der Waals surface area contributed by atoms with Crippen LogP contribution < -0.4 is 11.2 Å². The van der Waals surface area contributed by atoms with Crippen molar-refractivity contribution in [3.05, 3.63) is 33.1 Å². The maximum Gasteiger partial charge on any atom is 0.328 e. The summed E-state index contributed by atoms with van der Waals surface area (Å²) in [7, 11) is 0. The minimum atomic E-state index is -0.346. The molecule has 39 heavy (non-hydrogen) atoms. The molecule has 0 radical (unpaired) electrons. The Morgan fingerprint density at radius 3 is 1.82 bits per heavy atom. The van der Waals surface area contributed by atoms with E-state index in [0.29, 0.717) is 19.6 Å². The number of aryl methyl sites for hydroxylation is 1. The molecule has 1 aromatic rings. The van der Waals surface area contributed by atoms with Crippen molar-refractivity contribution in [2.24, 2.45) is 0 Å². The molecule has 0 aliphatic heterocycles. The van der Waals surface area contributed by atoms with Gasteiger partial charge in [-0.2, -0.15) is 0 Å². The number of unbranched alkanes of at least 4 members (excludes halogenated alkanes) is 15. The Kier molecular flexibility index (Phi) is 22.6. The lowest BCUT2D eigenvalue weighted by Crippen LogP contribution is -2.31. The minimum Gasteiger partial charge on any atom is -0.466 e. The summed E-state index contributed by atoms with van der Waals surface area (Å²) >= 11 is 0. The van der Waals surface area contributed by atoms with Crippen LogP contribution in [-0.2, 0) is 16.1 Å².